The lowest BCUT2D eigenvalue weighted by Crippen LogP contribution is -2.45. The van der Waals surface area contributed by atoms with Crippen LogP contribution in [0.4, 0.5) is 5.82 Å². The summed E-state index contributed by atoms with van der Waals surface area (Å²) in [4.78, 5) is 35.3. The Morgan fingerprint density at radius 3 is 2.58 bits per heavy atom. The van der Waals surface area contributed by atoms with Crippen molar-refractivity contribution in [3.8, 4) is 0 Å². The summed E-state index contributed by atoms with van der Waals surface area (Å²) in [7, 11) is 1.94. The molecule has 8 nitrogen and oxygen atoms in total. The van der Waals surface area contributed by atoms with E-state index < -0.39 is 0 Å². The minimum Gasteiger partial charge on any atom is -0.365 e. The summed E-state index contributed by atoms with van der Waals surface area (Å²) in [6.07, 6.45) is 8.24. The van der Waals surface area contributed by atoms with Crippen LogP contribution in [0.15, 0.2) is 29.6 Å². The molecule has 140 valence electrons. The third-order valence-electron chi connectivity index (χ3n) is 5.08. The molecule has 0 spiro atoms. The average Bonchev–Trinajstić information content (AvgIpc) is 3.06. The zero-order valence-electron chi connectivity index (χ0n) is 15.6. The number of aromatic nitrogens is 4. The number of nitrogens with one attached hydrogen (secondary N) is 1. The van der Waals surface area contributed by atoms with Crippen LogP contribution in [0.5, 0.6) is 0 Å². The van der Waals surface area contributed by atoms with E-state index in [1.54, 1.807) is 23.2 Å². The van der Waals surface area contributed by atoms with Crippen LogP contribution in [-0.4, -0.2) is 43.0 Å². The maximum atomic E-state index is 12.4. The number of carbonyl (C=O) groups is 1. The van der Waals surface area contributed by atoms with E-state index >= 15 is 0 Å². The zero-order valence-corrected chi connectivity index (χ0v) is 15.6. The van der Waals surface area contributed by atoms with E-state index in [9.17, 15) is 9.59 Å². The Morgan fingerprint density at radius 1 is 1.15 bits per heavy atom. The standard InChI is InChI=1S/C18H26N6O2/c1-4-23-11-9-19-16(18(23)26)21-12-13-6-7-14(25)24(5-2)15(13)17-20-8-10-22(17)3/h8-11,13,15H,4-7,12H2,1-3H3,(H,19,21)/t13-,15+/m1/s1. The molecule has 26 heavy (non-hydrogen) atoms. The second-order valence-electron chi connectivity index (χ2n) is 6.57. The van der Waals surface area contributed by atoms with Gasteiger partial charge in [-0.1, -0.05) is 0 Å². The van der Waals surface area contributed by atoms with E-state index in [1.807, 2.05) is 36.6 Å². The molecular formula is C18H26N6O2. The van der Waals surface area contributed by atoms with Crippen LogP contribution in [-0.2, 0) is 18.4 Å². The summed E-state index contributed by atoms with van der Waals surface area (Å²) >= 11 is 0. The van der Waals surface area contributed by atoms with Crippen LogP contribution >= 0.6 is 0 Å². The van der Waals surface area contributed by atoms with Crippen LogP contribution in [0, 0.1) is 5.92 Å². The van der Waals surface area contributed by atoms with Crippen molar-refractivity contribution in [2.45, 2.75) is 39.3 Å². The van der Waals surface area contributed by atoms with Crippen LogP contribution in [0.2, 0.25) is 0 Å². The molecule has 1 aliphatic rings. The predicted molar refractivity (Wildman–Crippen MR) is 98.7 cm³/mol. The molecular weight excluding hydrogens is 332 g/mol. The van der Waals surface area contributed by atoms with E-state index in [0.29, 0.717) is 31.9 Å². The SMILES string of the molecule is CCN1C(=O)CC[C@H](CNc2nccn(CC)c2=O)[C@H]1c1nccn1C. The van der Waals surface area contributed by atoms with Crippen molar-refractivity contribution < 1.29 is 4.79 Å². The van der Waals surface area contributed by atoms with Gasteiger partial charge in [-0.3, -0.25) is 9.59 Å². The number of imidazole rings is 1. The third kappa shape index (κ3) is 3.36. The minimum absolute atomic E-state index is 0.106. The summed E-state index contributed by atoms with van der Waals surface area (Å²) in [5, 5.41) is 3.21. The fourth-order valence-corrected chi connectivity index (χ4v) is 3.66. The highest BCUT2D eigenvalue weighted by Gasteiger charge is 2.38. The van der Waals surface area contributed by atoms with Crippen molar-refractivity contribution in [3.63, 3.8) is 0 Å². The monoisotopic (exact) mass is 358 g/mol. The number of carbonyl (C=O) groups excluding carboxylic acids is 1. The molecule has 2 aromatic rings. The number of aryl methyl sites for hydroxylation is 2. The third-order valence-corrected chi connectivity index (χ3v) is 5.08. The van der Waals surface area contributed by atoms with Gasteiger partial charge in [-0.15, -0.1) is 0 Å². The van der Waals surface area contributed by atoms with Crippen molar-refractivity contribution in [3.05, 3.63) is 41.0 Å². The molecule has 1 saturated heterocycles. The predicted octanol–water partition coefficient (Wildman–Crippen LogP) is 1.41. The molecule has 1 aliphatic heterocycles. The van der Waals surface area contributed by atoms with Gasteiger partial charge in [0.1, 0.15) is 5.82 Å². The summed E-state index contributed by atoms with van der Waals surface area (Å²) in [5.41, 5.74) is -0.122. The number of rotatable bonds is 6. The highest BCUT2D eigenvalue weighted by Crippen LogP contribution is 2.35. The first-order chi connectivity index (χ1) is 12.6. The minimum atomic E-state index is -0.122. The Balaban J connectivity index is 1.84. The lowest BCUT2D eigenvalue weighted by atomic mass is 9.87. The molecule has 0 aromatic carbocycles. The molecule has 3 heterocycles. The normalized spacial score (nSPS) is 20.4. The summed E-state index contributed by atoms with van der Waals surface area (Å²) in [6, 6.07) is -0.106. The van der Waals surface area contributed by atoms with Crippen molar-refractivity contribution in [1.82, 2.24) is 24.0 Å². The fraction of sp³-hybridized carbons (Fsp3) is 0.556. The number of hydrogen-bond donors (Lipinski definition) is 1. The maximum absolute atomic E-state index is 12.4. The van der Waals surface area contributed by atoms with Gasteiger partial charge in [0.25, 0.3) is 5.56 Å². The van der Waals surface area contributed by atoms with E-state index in [-0.39, 0.29) is 23.4 Å². The molecule has 0 unspecified atom stereocenters. The van der Waals surface area contributed by atoms with Crippen molar-refractivity contribution in [1.29, 1.82) is 0 Å². The fourth-order valence-electron chi connectivity index (χ4n) is 3.66. The Bertz CT molecular complexity index is 827. The Kier molecular flexibility index (Phi) is 5.39. The number of likely N-dealkylation sites (tertiary alicyclic amines) is 1. The van der Waals surface area contributed by atoms with E-state index in [2.05, 4.69) is 15.3 Å². The smallest absolute Gasteiger partial charge is 0.293 e. The van der Waals surface area contributed by atoms with Gasteiger partial charge < -0.3 is 19.4 Å². The van der Waals surface area contributed by atoms with Gasteiger partial charge in [0, 0.05) is 63.8 Å². The molecule has 1 amide bonds. The average molecular weight is 358 g/mol. The first-order valence-corrected chi connectivity index (χ1v) is 9.12. The highest BCUT2D eigenvalue weighted by molar-refractivity contribution is 5.77. The Labute approximate surface area is 152 Å². The molecule has 0 saturated carbocycles. The number of amides is 1. The second-order valence-corrected chi connectivity index (χ2v) is 6.57. The Hall–Kier alpha value is -2.64. The molecule has 3 rings (SSSR count). The topological polar surface area (TPSA) is 85.1 Å². The summed E-state index contributed by atoms with van der Waals surface area (Å²) in [6.45, 7) is 5.72. The van der Waals surface area contributed by atoms with Gasteiger partial charge in [0.05, 0.1) is 6.04 Å². The lowest BCUT2D eigenvalue weighted by Gasteiger charge is -2.40. The number of piperidine rings is 1. The summed E-state index contributed by atoms with van der Waals surface area (Å²) < 4.78 is 3.58. The molecule has 1 N–H and O–H groups in total. The van der Waals surface area contributed by atoms with Crippen molar-refractivity contribution in [2.24, 2.45) is 13.0 Å². The van der Waals surface area contributed by atoms with Gasteiger partial charge in [-0.05, 0) is 20.3 Å². The van der Waals surface area contributed by atoms with Gasteiger partial charge in [0.15, 0.2) is 5.82 Å². The van der Waals surface area contributed by atoms with Crippen LogP contribution in [0.25, 0.3) is 0 Å². The number of hydrogen-bond acceptors (Lipinski definition) is 5. The first kappa shape index (κ1) is 18.2. The second kappa shape index (κ2) is 7.72. The molecule has 8 heteroatoms. The molecule has 0 aliphatic carbocycles. The van der Waals surface area contributed by atoms with E-state index in [1.165, 1.54) is 0 Å². The lowest BCUT2D eigenvalue weighted by molar-refractivity contribution is -0.138. The zero-order chi connectivity index (χ0) is 18.7. The van der Waals surface area contributed by atoms with Gasteiger partial charge in [0.2, 0.25) is 5.91 Å². The maximum Gasteiger partial charge on any atom is 0.293 e. The first-order valence-electron chi connectivity index (χ1n) is 9.12. The van der Waals surface area contributed by atoms with E-state index in [4.69, 9.17) is 0 Å². The molecule has 1 fully saturated rings. The highest BCUT2D eigenvalue weighted by atomic mass is 16.2. The molecule has 0 bridgehead atoms. The number of anilines is 1. The molecule has 2 aromatic heterocycles. The van der Waals surface area contributed by atoms with Crippen LogP contribution in [0.1, 0.15) is 38.6 Å². The van der Waals surface area contributed by atoms with Gasteiger partial charge >= 0.3 is 0 Å². The van der Waals surface area contributed by atoms with Crippen LogP contribution in [0.3, 0.4) is 0 Å². The molecule has 0 radical (unpaired) electrons. The quantitative estimate of drug-likeness (QED) is 0.844. The van der Waals surface area contributed by atoms with Crippen LogP contribution < -0.4 is 10.9 Å². The summed E-state index contributed by atoms with van der Waals surface area (Å²) in [5.74, 6) is 1.54. The Morgan fingerprint density at radius 2 is 1.92 bits per heavy atom. The van der Waals surface area contributed by atoms with Crippen molar-refractivity contribution in [2.75, 3.05) is 18.4 Å². The largest absolute Gasteiger partial charge is 0.365 e. The van der Waals surface area contributed by atoms with E-state index in [0.717, 1.165) is 12.2 Å². The van der Waals surface area contributed by atoms with Crippen molar-refractivity contribution >= 4 is 11.7 Å². The van der Waals surface area contributed by atoms with Gasteiger partial charge in [-0.25, -0.2) is 9.97 Å². The number of nitrogens with zero attached hydrogens (tertiary/aromatic N) is 5. The van der Waals surface area contributed by atoms with Gasteiger partial charge in [-0.2, -0.15) is 0 Å². The molecule has 2 atom stereocenters.